The Kier molecular flexibility index (Phi) is 4.87. The van der Waals surface area contributed by atoms with Crippen molar-refractivity contribution >= 4 is 17.8 Å². The first kappa shape index (κ1) is 14.5. The Morgan fingerprint density at radius 3 is 2.53 bits per heavy atom. The number of benzene rings is 1. The van der Waals surface area contributed by atoms with Gasteiger partial charge in [0.15, 0.2) is 6.61 Å². The lowest BCUT2D eigenvalue weighted by Gasteiger charge is -2.15. The number of para-hydroxylation sites is 1. The zero-order chi connectivity index (χ0) is 14.4. The molecular weight excluding hydrogens is 252 g/mol. The largest absolute Gasteiger partial charge is 0.483 e. The van der Waals surface area contributed by atoms with E-state index in [0.717, 1.165) is 4.90 Å². The van der Waals surface area contributed by atoms with Gasteiger partial charge in [-0.05, 0) is 12.1 Å². The molecule has 0 heterocycles. The van der Waals surface area contributed by atoms with Gasteiger partial charge in [-0.25, -0.2) is 0 Å². The first-order chi connectivity index (χ1) is 8.91. The van der Waals surface area contributed by atoms with Crippen LogP contribution in [-0.4, -0.2) is 48.0 Å². The number of rotatable bonds is 6. The number of hydrogen-bond acceptors (Lipinski definition) is 4. The number of carbonyl (C=O) groups excluding carboxylic acids is 2. The van der Waals surface area contributed by atoms with E-state index in [1.807, 2.05) is 0 Å². The van der Waals surface area contributed by atoms with Crippen LogP contribution in [0.25, 0.3) is 0 Å². The first-order valence-corrected chi connectivity index (χ1v) is 5.39. The van der Waals surface area contributed by atoms with Crippen LogP contribution >= 0.6 is 0 Å². The monoisotopic (exact) mass is 266 g/mol. The number of nitrogens with two attached hydrogens (primary N) is 1. The third-order valence-electron chi connectivity index (χ3n) is 2.30. The lowest BCUT2D eigenvalue weighted by molar-refractivity contribution is -0.144. The molecule has 0 fully saturated rings. The predicted octanol–water partition coefficient (Wildman–Crippen LogP) is -0.293. The minimum atomic E-state index is -1.12. The highest BCUT2D eigenvalue weighted by Gasteiger charge is 2.14. The Morgan fingerprint density at radius 1 is 1.32 bits per heavy atom. The summed E-state index contributed by atoms with van der Waals surface area (Å²) in [7, 11) is 1.35. The number of carboxylic acids is 1. The maximum atomic E-state index is 11.6. The van der Waals surface area contributed by atoms with Gasteiger partial charge in [-0.3, -0.25) is 14.4 Å². The molecule has 0 aliphatic rings. The molecule has 1 aromatic carbocycles. The number of ether oxygens (including phenoxy) is 1. The van der Waals surface area contributed by atoms with Crippen LogP contribution in [0, 0.1) is 0 Å². The fourth-order valence-corrected chi connectivity index (χ4v) is 1.34. The molecule has 0 saturated carbocycles. The summed E-state index contributed by atoms with van der Waals surface area (Å²) >= 11 is 0. The molecule has 0 atom stereocenters. The maximum Gasteiger partial charge on any atom is 0.323 e. The van der Waals surface area contributed by atoms with Crippen molar-refractivity contribution in [2.45, 2.75) is 0 Å². The third kappa shape index (κ3) is 4.30. The van der Waals surface area contributed by atoms with Gasteiger partial charge in [-0.15, -0.1) is 0 Å². The summed E-state index contributed by atoms with van der Waals surface area (Å²) in [4.78, 5) is 34.1. The average Bonchev–Trinajstić information content (AvgIpc) is 2.35. The second kappa shape index (κ2) is 6.39. The van der Waals surface area contributed by atoms with E-state index < -0.39 is 24.3 Å². The second-order valence-electron chi connectivity index (χ2n) is 3.79. The molecule has 102 valence electrons. The van der Waals surface area contributed by atoms with Gasteiger partial charge in [0.1, 0.15) is 12.3 Å². The number of carboxylic acid groups (broad SMARTS) is 1. The molecule has 0 radical (unpaired) electrons. The van der Waals surface area contributed by atoms with Crippen molar-refractivity contribution in [2.75, 3.05) is 20.2 Å². The van der Waals surface area contributed by atoms with E-state index in [1.54, 1.807) is 12.1 Å². The van der Waals surface area contributed by atoms with Crippen molar-refractivity contribution in [2.24, 2.45) is 5.73 Å². The molecule has 3 N–H and O–H groups in total. The minimum Gasteiger partial charge on any atom is -0.483 e. The van der Waals surface area contributed by atoms with Crippen LogP contribution in [0.1, 0.15) is 10.4 Å². The van der Waals surface area contributed by atoms with Crippen LogP contribution in [0.5, 0.6) is 5.75 Å². The van der Waals surface area contributed by atoms with Crippen LogP contribution in [0.4, 0.5) is 0 Å². The molecule has 0 unspecified atom stereocenters. The molecule has 2 amide bonds. The van der Waals surface area contributed by atoms with Crippen molar-refractivity contribution in [3.8, 4) is 5.75 Å². The summed E-state index contributed by atoms with van der Waals surface area (Å²) in [6, 6.07) is 6.23. The number of amides is 2. The van der Waals surface area contributed by atoms with E-state index in [1.165, 1.54) is 19.2 Å². The summed E-state index contributed by atoms with van der Waals surface area (Å²) in [5.41, 5.74) is 5.32. The van der Waals surface area contributed by atoms with Crippen LogP contribution in [-0.2, 0) is 9.59 Å². The highest BCUT2D eigenvalue weighted by molar-refractivity contribution is 5.95. The van der Waals surface area contributed by atoms with Gasteiger partial charge in [-0.1, -0.05) is 12.1 Å². The highest BCUT2D eigenvalue weighted by Crippen LogP contribution is 2.17. The fraction of sp³-hybridized carbons (Fsp3) is 0.250. The molecule has 7 nitrogen and oxygen atoms in total. The SMILES string of the molecule is CN(CC(=O)O)C(=O)COc1ccccc1C(N)=O. The number of likely N-dealkylation sites (N-methyl/N-ethyl adjacent to an activating group) is 1. The van der Waals surface area contributed by atoms with Gasteiger partial charge in [0.05, 0.1) is 5.56 Å². The average molecular weight is 266 g/mol. The molecule has 19 heavy (non-hydrogen) atoms. The lowest BCUT2D eigenvalue weighted by atomic mass is 10.2. The predicted molar refractivity (Wildman–Crippen MR) is 65.7 cm³/mol. The number of nitrogens with zero attached hydrogens (tertiary/aromatic N) is 1. The van der Waals surface area contributed by atoms with Gasteiger partial charge in [0.2, 0.25) is 0 Å². The first-order valence-electron chi connectivity index (χ1n) is 5.39. The van der Waals surface area contributed by atoms with Crippen LogP contribution in [0.2, 0.25) is 0 Å². The van der Waals surface area contributed by atoms with Crippen molar-refractivity contribution < 1.29 is 24.2 Å². The molecule has 0 aromatic heterocycles. The lowest BCUT2D eigenvalue weighted by Crippen LogP contribution is -2.35. The zero-order valence-electron chi connectivity index (χ0n) is 10.3. The molecule has 0 bridgehead atoms. The molecular formula is C12H14N2O5. The highest BCUT2D eigenvalue weighted by atomic mass is 16.5. The third-order valence-corrected chi connectivity index (χ3v) is 2.30. The normalized spacial score (nSPS) is 9.74. The van der Waals surface area contributed by atoms with E-state index in [-0.39, 0.29) is 17.9 Å². The summed E-state index contributed by atoms with van der Waals surface area (Å²) in [5, 5.41) is 8.54. The smallest absolute Gasteiger partial charge is 0.323 e. The Labute approximate surface area is 109 Å². The molecule has 0 aliphatic carbocycles. The van der Waals surface area contributed by atoms with E-state index >= 15 is 0 Å². The van der Waals surface area contributed by atoms with E-state index in [2.05, 4.69) is 0 Å². The van der Waals surface area contributed by atoms with Crippen LogP contribution < -0.4 is 10.5 Å². The van der Waals surface area contributed by atoms with Crippen LogP contribution in [0.15, 0.2) is 24.3 Å². The van der Waals surface area contributed by atoms with Crippen molar-refractivity contribution in [1.82, 2.24) is 4.90 Å². The van der Waals surface area contributed by atoms with Gasteiger partial charge in [0, 0.05) is 7.05 Å². The van der Waals surface area contributed by atoms with Gasteiger partial charge in [-0.2, -0.15) is 0 Å². The molecule has 1 rings (SSSR count). The number of carbonyl (C=O) groups is 3. The van der Waals surface area contributed by atoms with Gasteiger partial charge >= 0.3 is 5.97 Å². The quantitative estimate of drug-likeness (QED) is 0.735. The summed E-state index contributed by atoms with van der Waals surface area (Å²) in [6.45, 7) is -0.784. The second-order valence-corrected chi connectivity index (χ2v) is 3.79. The number of primary amides is 1. The van der Waals surface area contributed by atoms with E-state index in [0.29, 0.717) is 0 Å². The Hall–Kier alpha value is -2.57. The minimum absolute atomic E-state index is 0.163. The van der Waals surface area contributed by atoms with Crippen molar-refractivity contribution in [3.05, 3.63) is 29.8 Å². The van der Waals surface area contributed by atoms with Gasteiger partial charge in [0.25, 0.3) is 11.8 Å². The Morgan fingerprint density at radius 2 is 1.95 bits per heavy atom. The summed E-state index contributed by atoms with van der Waals surface area (Å²) in [5.74, 6) is -2.11. The maximum absolute atomic E-state index is 11.6. The van der Waals surface area contributed by atoms with Crippen molar-refractivity contribution in [1.29, 1.82) is 0 Å². The zero-order valence-corrected chi connectivity index (χ0v) is 10.3. The molecule has 0 saturated heterocycles. The Balaban J connectivity index is 2.64. The van der Waals surface area contributed by atoms with E-state index in [4.69, 9.17) is 15.6 Å². The summed E-state index contributed by atoms with van der Waals surface area (Å²) in [6.07, 6.45) is 0. The molecule has 0 spiro atoms. The topological polar surface area (TPSA) is 110 Å². The van der Waals surface area contributed by atoms with Crippen LogP contribution in [0.3, 0.4) is 0 Å². The fourth-order valence-electron chi connectivity index (χ4n) is 1.34. The molecule has 0 aliphatic heterocycles. The van der Waals surface area contributed by atoms with Crippen molar-refractivity contribution in [3.63, 3.8) is 0 Å². The molecule has 7 heteroatoms. The number of aliphatic carboxylic acids is 1. The number of hydrogen-bond donors (Lipinski definition) is 2. The summed E-state index contributed by atoms with van der Waals surface area (Å²) < 4.78 is 5.18. The standard InChI is InChI=1S/C12H14N2O5/c1-14(6-11(16)17)10(15)7-19-9-5-3-2-4-8(9)12(13)18/h2-5H,6-7H2,1H3,(H2,13,18)(H,16,17). The Bertz CT molecular complexity index is 501. The molecule has 1 aromatic rings. The van der Waals surface area contributed by atoms with E-state index in [9.17, 15) is 14.4 Å². The van der Waals surface area contributed by atoms with Gasteiger partial charge < -0.3 is 20.5 Å².